The number of nitrogens with one attached hydrogen (secondary N) is 1. The molecule has 0 saturated heterocycles. The Kier molecular flexibility index (Phi) is 6.31. The number of aryl methyl sites for hydroxylation is 2. The molecule has 1 atom stereocenters. The van der Waals surface area contributed by atoms with Crippen LogP contribution in [0.1, 0.15) is 19.4 Å². The fourth-order valence-corrected chi connectivity index (χ4v) is 3.22. The number of aliphatic hydroxyl groups excluding tert-OH is 1. The van der Waals surface area contributed by atoms with E-state index in [0.29, 0.717) is 24.2 Å². The number of imidazole rings is 1. The first-order chi connectivity index (χ1) is 14.2. The summed E-state index contributed by atoms with van der Waals surface area (Å²) in [6, 6.07) is 7.57. The molecule has 0 fully saturated rings. The van der Waals surface area contributed by atoms with Gasteiger partial charge in [0, 0.05) is 20.6 Å². The van der Waals surface area contributed by atoms with Crippen LogP contribution in [-0.4, -0.2) is 43.0 Å². The number of hydrogen-bond acceptors (Lipinski definition) is 6. The lowest BCUT2D eigenvalue weighted by Crippen LogP contribution is -2.38. The Bertz CT molecular complexity index is 1160. The fraction of sp³-hybridized carbons (Fsp3) is 0.476. The Morgan fingerprint density at radius 3 is 2.60 bits per heavy atom. The lowest BCUT2D eigenvalue weighted by Gasteiger charge is -2.16. The average molecular weight is 415 g/mol. The zero-order valence-electron chi connectivity index (χ0n) is 18.0. The third kappa shape index (κ3) is 4.40. The molecule has 30 heavy (non-hydrogen) atoms. The van der Waals surface area contributed by atoms with E-state index in [-0.39, 0.29) is 24.3 Å². The van der Waals surface area contributed by atoms with Crippen molar-refractivity contribution in [2.75, 3.05) is 18.5 Å². The molecule has 2 heterocycles. The zero-order chi connectivity index (χ0) is 22.0. The van der Waals surface area contributed by atoms with Gasteiger partial charge in [-0.05, 0) is 30.5 Å². The van der Waals surface area contributed by atoms with E-state index in [4.69, 9.17) is 4.74 Å². The van der Waals surface area contributed by atoms with Crippen LogP contribution in [0.4, 0.5) is 5.95 Å². The number of aliphatic hydroxyl groups is 1. The number of ether oxygens (including phenoxy) is 1. The van der Waals surface area contributed by atoms with E-state index in [1.807, 2.05) is 31.2 Å². The van der Waals surface area contributed by atoms with Crippen molar-refractivity contribution in [1.29, 1.82) is 0 Å². The third-order valence-electron chi connectivity index (χ3n) is 4.84. The fourth-order valence-electron chi connectivity index (χ4n) is 3.22. The quantitative estimate of drug-likeness (QED) is 0.574. The van der Waals surface area contributed by atoms with E-state index in [2.05, 4.69) is 24.1 Å². The van der Waals surface area contributed by atoms with Crippen molar-refractivity contribution in [3.8, 4) is 5.75 Å². The predicted molar refractivity (Wildman–Crippen MR) is 116 cm³/mol. The van der Waals surface area contributed by atoms with Gasteiger partial charge in [-0.3, -0.25) is 13.9 Å². The topological polar surface area (TPSA) is 103 Å². The van der Waals surface area contributed by atoms with Gasteiger partial charge in [0.1, 0.15) is 18.5 Å². The van der Waals surface area contributed by atoms with E-state index in [0.717, 1.165) is 10.1 Å². The molecule has 0 aliphatic carbocycles. The Labute approximate surface area is 174 Å². The molecule has 0 aliphatic heterocycles. The van der Waals surface area contributed by atoms with Crippen LogP contribution in [0.2, 0.25) is 0 Å². The number of nitrogens with zero attached hydrogens (tertiary/aromatic N) is 4. The van der Waals surface area contributed by atoms with Gasteiger partial charge in [0.05, 0.1) is 6.54 Å². The predicted octanol–water partition coefficient (Wildman–Crippen LogP) is 1.25. The molecule has 1 aromatic carbocycles. The van der Waals surface area contributed by atoms with Gasteiger partial charge < -0.3 is 19.7 Å². The molecule has 162 valence electrons. The van der Waals surface area contributed by atoms with Gasteiger partial charge in [0.15, 0.2) is 11.2 Å². The third-order valence-corrected chi connectivity index (χ3v) is 4.84. The van der Waals surface area contributed by atoms with Crippen molar-refractivity contribution in [2.45, 2.75) is 33.4 Å². The molecule has 0 amide bonds. The zero-order valence-corrected chi connectivity index (χ0v) is 18.0. The van der Waals surface area contributed by atoms with Crippen molar-refractivity contribution >= 4 is 17.1 Å². The van der Waals surface area contributed by atoms with Crippen LogP contribution in [0.15, 0.2) is 33.9 Å². The van der Waals surface area contributed by atoms with Gasteiger partial charge in [0.2, 0.25) is 5.95 Å². The summed E-state index contributed by atoms with van der Waals surface area (Å²) < 4.78 is 9.71. The standard InChI is InChI=1S/C21H29N5O4/c1-13(2)10-22-20-23-18-17(19(28)25(5)21(29)24(18)4)26(20)11-15(27)12-30-16-8-6-7-14(3)9-16/h6-9,13,15,27H,10-12H2,1-5H3,(H,22,23)/t15-/m1/s1. The van der Waals surface area contributed by atoms with E-state index < -0.39 is 17.4 Å². The summed E-state index contributed by atoms with van der Waals surface area (Å²) >= 11 is 0. The largest absolute Gasteiger partial charge is 0.491 e. The van der Waals surface area contributed by atoms with Crippen LogP contribution in [0, 0.1) is 12.8 Å². The summed E-state index contributed by atoms with van der Waals surface area (Å²) in [5.41, 5.74) is 0.703. The number of benzene rings is 1. The highest BCUT2D eigenvalue weighted by Gasteiger charge is 2.21. The highest BCUT2D eigenvalue weighted by atomic mass is 16.5. The minimum Gasteiger partial charge on any atom is -0.491 e. The lowest BCUT2D eigenvalue weighted by atomic mass is 10.2. The van der Waals surface area contributed by atoms with E-state index >= 15 is 0 Å². The van der Waals surface area contributed by atoms with Crippen LogP contribution in [0.3, 0.4) is 0 Å². The molecule has 2 N–H and O–H groups in total. The molecule has 0 aliphatic rings. The van der Waals surface area contributed by atoms with Gasteiger partial charge in [-0.1, -0.05) is 26.0 Å². The minimum atomic E-state index is -0.885. The molecule has 0 bridgehead atoms. The summed E-state index contributed by atoms with van der Waals surface area (Å²) in [5.74, 6) is 1.45. The molecule has 0 radical (unpaired) electrons. The second-order valence-electron chi connectivity index (χ2n) is 7.98. The number of aromatic nitrogens is 4. The number of fused-ring (bicyclic) bond motifs is 1. The molecular weight excluding hydrogens is 386 g/mol. The highest BCUT2D eigenvalue weighted by Crippen LogP contribution is 2.18. The maximum Gasteiger partial charge on any atom is 0.332 e. The van der Waals surface area contributed by atoms with Crippen molar-refractivity contribution in [3.63, 3.8) is 0 Å². The second kappa shape index (κ2) is 8.74. The van der Waals surface area contributed by atoms with Crippen LogP contribution in [0.25, 0.3) is 11.2 Å². The van der Waals surface area contributed by atoms with Crippen LogP contribution < -0.4 is 21.3 Å². The summed E-state index contributed by atoms with van der Waals surface area (Å²) in [4.78, 5) is 29.6. The first-order valence-electron chi connectivity index (χ1n) is 9.96. The maximum atomic E-state index is 12.8. The maximum absolute atomic E-state index is 12.8. The molecule has 0 spiro atoms. The van der Waals surface area contributed by atoms with Crippen LogP contribution >= 0.6 is 0 Å². The normalized spacial score (nSPS) is 12.5. The Balaban J connectivity index is 1.94. The van der Waals surface area contributed by atoms with E-state index in [1.165, 1.54) is 11.6 Å². The summed E-state index contributed by atoms with van der Waals surface area (Å²) in [6.45, 7) is 6.86. The molecule has 0 saturated carbocycles. The average Bonchev–Trinajstić information content (AvgIpc) is 3.06. The highest BCUT2D eigenvalue weighted by molar-refractivity contribution is 5.74. The first kappa shape index (κ1) is 21.6. The lowest BCUT2D eigenvalue weighted by molar-refractivity contribution is 0.0938. The van der Waals surface area contributed by atoms with E-state index in [1.54, 1.807) is 11.6 Å². The molecule has 3 rings (SSSR count). The minimum absolute atomic E-state index is 0.0544. The molecule has 9 nitrogen and oxygen atoms in total. The SMILES string of the molecule is Cc1cccc(OC[C@H](O)Cn2c(NCC(C)C)nc3c2c(=O)n(C)c(=O)n3C)c1. The monoisotopic (exact) mass is 415 g/mol. The van der Waals surface area contributed by atoms with Crippen molar-refractivity contribution < 1.29 is 9.84 Å². The second-order valence-corrected chi connectivity index (χ2v) is 7.98. The van der Waals surface area contributed by atoms with Crippen LogP contribution in [0.5, 0.6) is 5.75 Å². The Hall–Kier alpha value is -3.07. The molecule has 3 aromatic rings. The number of rotatable bonds is 8. The van der Waals surface area contributed by atoms with Gasteiger partial charge in [-0.25, -0.2) is 4.79 Å². The molecule has 9 heteroatoms. The number of hydrogen-bond donors (Lipinski definition) is 2. The summed E-state index contributed by atoms with van der Waals surface area (Å²) in [5, 5.41) is 13.8. The van der Waals surface area contributed by atoms with Crippen LogP contribution in [-0.2, 0) is 20.6 Å². The van der Waals surface area contributed by atoms with Gasteiger partial charge in [0.25, 0.3) is 5.56 Å². The smallest absolute Gasteiger partial charge is 0.332 e. The Morgan fingerprint density at radius 1 is 1.20 bits per heavy atom. The first-order valence-corrected chi connectivity index (χ1v) is 9.96. The van der Waals surface area contributed by atoms with Gasteiger partial charge in [-0.15, -0.1) is 0 Å². The van der Waals surface area contributed by atoms with Crippen molar-refractivity contribution in [1.82, 2.24) is 18.7 Å². The molecular formula is C21H29N5O4. The van der Waals surface area contributed by atoms with Crippen molar-refractivity contribution in [3.05, 3.63) is 50.7 Å². The molecule has 2 aromatic heterocycles. The Morgan fingerprint density at radius 2 is 1.93 bits per heavy atom. The van der Waals surface area contributed by atoms with Crippen molar-refractivity contribution in [2.24, 2.45) is 20.0 Å². The number of anilines is 1. The van der Waals surface area contributed by atoms with E-state index in [9.17, 15) is 14.7 Å². The molecule has 0 unspecified atom stereocenters. The summed E-state index contributed by atoms with van der Waals surface area (Å²) in [7, 11) is 3.00. The van der Waals surface area contributed by atoms with Gasteiger partial charge >= 0.3 is 5.69 Å². The van der Waals surface area contributed by atoms with Gasteiger partial charge in [-0.2, -0.15) is 4.98 Å². The summed E-state index contributed by atoms with van der Waals surface area (Å²) in [6.07, 6.45) is -0.885.